The van der Waals surface area contributed by atoms with Gasteiger partial charge in [-0.1, -0.05) is 45.4 Å². The largest absolute Gasteiger partial charge is 0.460 e. The molecule has 0 rings (SSSR count). The van der Waals surface area contributed by atoms with Gasteiger partial charge in [0, 0.05) is 6.42 Å². The van der Waals surface area contributed by atoms with Crippen molar-refractivity contribution in [2.24, 2.45) is 5.92 Å². The Hall–Kier alpha value is -0.0500. The first-order valence-corrected chi connectivity index (χ1v) is 9.75. The van der Waals surface area contributed by atoms with Gasteiger partial charge in [0.15, 0.2) is 0 Å². The molecule has 1 unspecified atom stereocenters. The Labute approximate surface area is 169 Å². The average molecular weight is 471 g/mol. The molecule has 0 aliphatic heterocycles. The van der Waals surface area contributed by atoms with E-state index in [2.05, 4.69) is 0 Å². The monoisotopic (exact) mass is 470 g/mol. The van der Waals surface area contributed by atoms with Crippen molar-refractivity contribution >= 4 is 23.2 Å². The second kappa shape index (κ2) is 10.3. The lowest BCUT2D eigenvalue weighted by Crippen LogP contribution is -2.60. The lowest BCUT2D eigenvalue weighted by Gasteiger charge is -2.35. The molecular formula is C17H25Cl2F9. The number of halogens is 11. The number of rotatable bonds is 13. The van der Waals surface area contributed by atoms with Gasteiger partial charge in [-0.2, -0.15) is 39.5 Å². The van der Waals surface area contributed by atoms with Gasteiger partial charge in [0.1, 0.15) is 4.33 Å². The Bertz CT molecular complexity index is 457. The smallest absolute Gasteiger partial charge is 0.200 e. The van der Waals surface area contributed by atoms with Crippen LogP contribution in [-0.4, -0.2) is 28.3 Å². The predicted molar refractivity (Wildman–Crippen MR) is 91.7 cm³/mol. The van der Waals surface area contributed by atoms with E-state index in [-0.39, 0.29) is 6.42 Å². The molecule has 28 heavy (non-hydrogen) atoms. The van der Waals surface area contributed by atoms with Gasteiger partial charge < -0.3 is 0 Å². The van der Waals surface area contributed by atoms with E-state index in [1.165, 1.54) is 6.92 Å². The maximum Gasteiger partial charge on any atom is 0.460 e. The van der Waals surface area contributed by atoms with Gasteiger partial charge in [-0.3, -0.25) is 0 Å². The topological polar surface area (TPSA) is 0 Å². The highest BCUT2D eigenvalue weighted by Gasteiger charge is 2.81. The van der Waals surface area contributed by atoms with Crippen LogP contribution in [0.25, 0.3) is 0 Å². The van der Waals surface area contributed by atoms with Gasteiger partial charge in [-0.15, -0.1) is 23.2 Å². The second-order valence-electron chi connectivity index (χ2n) is 7.10. The second-order valence-corrected chi connectivity index (χ2v) is 8.86. The summed E-state index contributed by atoms with van der Waals surface area (Å²) in [5, 5.41) is 0. The molecule has 0 saturated carbocycles. The zero-order chi connectivity index (χ0) is 22.4. The SMILES string of the molecule is CCCCCCCCC(CCC(F)(F)C(F)(F)C(F)(F)C(F)(F)F)C(C)(Cl)Cl. The minimum Gasteiger partial charge on any atom is -0.200 e. The van der Waals surface area contributed by atoms with Gasteiger partial charge >= 0.3 is 23.9 Å². The lowest BCUT2D eigenvalue weighted by molar-refractivity contribution is -0.397. The van der Waals surface area contributed by atoms with Crippen molar-refractivity contribution in [3.8, 4) is 0 Å². The first kappa shape index (κ1) is 27.9. The minimum absolute atomic E-state index is 0.160. The van der Waals surface area contributed by atoms with E-state index in [1.54, 1.807) is 0 Å². The van der Waals surface area contributed by atoms with Crippen LogP contribution in [0.15, 0.2) is 0 Å². The summed E-state index contributed by atoms with van der Waals surface area (Å²) in [4.78, 5) is 0. The number of alkyl halides is 11. The fraction of sp³-hybridized carbons (Fsp3) is 1.00. The molecular weight excluding hydrogens is 446 g/mol. The molecule has 0 amide bonds. The third kappa shape index (κ3) is 7.33. The molecule has 0 spiro atoms. The Balaban J connectivity index is 5.03. The van der Waals surface area contributed by atoms with Gasteiger partial charge in [-0.05, 0) is 25.7 Å². The maximum atomic E-state index is 13.7. The van der Waals surface area contributed by atoms with E-state index >= 15 is 0 Å². The third-order valence-corrected chi connectivity index (χ3v) is 5.26. The van der Waals surface area contributed by atoms with E-state index in [1.807, 2.05) is 6.92 Å². The molecule has 0 heterocycles. The van der Waals surface area contributed by atoms with Crippen LogP contribution < -0.4 is 0 Å². The van der Waals surface area contributed by atoms with Crippen LogP contribution in [0.4, 0.5) is 39.5 Å². The Morgan fingerprint density at radius 2 is 1.14 bits per heavy atom. The van der Waals surface area contributed by atoms with Gasteiger partial charge in [0.2, 0.25) is 0 Å². The minimum atomic E-state index is -6.87. The fourth-order valence-corrected chi connectivity index (χ4v) is 3.18. The summed E-state index contributed by atoms with van der Waals surface area (Å²) in [5.41, 5.74) is 0. The first-order chi connectivity index (χ1) is 12.4. The van der Waals surface area contributed by atoms with Crippen molar-refractivity contribution in [3.63, 3.8) is 0 Å². The average Bonchev–Trinajstić information content (AvgIpc) is 2.50. The first-order valence-electron chi connectivity index (χ1n) is 8.99. The molecule has 11 heteroatoms. The lowest BCUT2D eigenvalue weighted by atomic mass is 9.89. The maximum absolute atomic E-state index is 13.7. The summed E-state index contributed by atoms with van der Waals surface area (Å²) in [6.45, 7) is 3.25. The Kier molecular flexibility index (Phi) is 10.3. The van der Waals surface area contributed by atoms with Crippen LogP contribution in [0, 0.1) is 5.92 Å². The normalized spacial score (nSPS) is 15.8. The van der Waals surface area contributed by atoms with Crippen molar-refractivity contribution in [1.82, 2.24) is 0 Å². The number of hydrogen-bond acceptors (Lipinski definition) is 0. The van der Waals surface area contributed by atoms with Gasteiger partial charge in [-0.25, -0.2) is 0 Å². The fourth-order valence-electron chi connectivity index (χ4n) is 2.74. The molecule has 0 aromatic rings. The van der Waals surface area contributed by atoms with Gasteiger partial charge in [0.05, 0.1) is 0 Å². The molecule has 0 radical (unpaired) electrons. The molecule has 0 saturated heterocycles. The number of hydrogen-bond donors (Lipinski definition) is 0. The van der Waals surface area contributed by atoms with Crippen molar-refractivity contribution in [3.05, 3.63) is 0 Å². The summed E-state index contributed by atoms with van der Waals surface area (Å²) in [6.07, 6.45) is -4.35. The molecule has 0 aromatic carbocycles. The molecule has 0 aromatic heterocycles. The van der Waals surface area contributed by atoms with Crippen LogP contribution in [0.2, 0.25) is 0 Å². The van der Waals surface area contributed by atoms with Crippen molar-refractivity contribution < 1.29 is 39.5 Å². The number of unbranched alkanes of at least 4 members (excludes halogenated alkanes) is 5. The van der Waals surface area contributed by atoms with E-state index in [9.17, 15) is 39.5 Å². The zero-order valence-corrected chi connectivity index (χ0v) is 17.1. The summed E-state index contributed by atoms with van der Waals surface area (Å²) < 4.78 is 115. The van der Waals surface area contributed by atoms with Crippen molar-refractivity contribution in [2.75, 3.05) is 0 Å². The molecule has 0 bridgehead atoms. The summed E-state index contributed by atoms with van der Waals surface area (Å²) in [7, 11) is 0. The van der Waals surface area contributed by atoms with Crippen LogP contribution in [0.1, 0.15) is 71.6 Å². The van der Waals surface area contributed by atoms with Gasteiger partial charge in [0.25, 0.3) is 0 Å². The highest BCUT2D eigenvalue weighted by molar-refractivity contribution is 6.48. The molecule has 170 valence electrons. The molecule has 0 fully saturated rings. The van der Waals surface area contributed by atoms with E-state index < -0.39 is 47.0 Å². The summed E-state index contributed by atoms with van der Waals surface area (Å²) >= 11 is 11.7. The predicted octanol–water partition coefficient (Wildman–Crippen LogP) is 8.80. The van der Waals surface area contributed by atoms with E-state index in [4.69, 9.17) is 23.2 Å². The summed E-state index contributed by atoms with van der Waals surface area (Å²) in [5.74, 6) is -20.0. The zero-order valence-electron chi connectivity index (χ0n) is 15.6. The Morgan fingerprint density at radius 1 is 0.679 bits per heavy atom. The van der Waals surface area contributed by atoms with Crippen molar-refractivity contribution in [2.45, 2.75) is 99.9 Å². The Morgan fingerprint density at radius 3 is 1.57 bits per heavy atom. The molecule has 1 atom stereocenters. The van der Waals surface area contributed by atoms with Crippen LogP contribution in [0.3, 0.4) is 0 Å². The molecule has 0 N–H and O–H groups in total. The standard InChI is InChI=1S/C17H25Cl2F9/c1-3-4-5-6-7-8-9-12(13(2,18)19)10-11-14(20,21)15(22,23)16(24,25)17(26,27)28/h12H,3-11H2,1-2H3. The molecule has 0 nitrogen and oxygen atoms in total. The van der Waals surface area contributed by atoms with E-state index in [0.29, 0.717) is 12.8 Å². The van der Waals surface area contributed by atoms with Crippen LogP contribution >= 0.6 is 23.2 Å². The van der Waals surface area contributed by atoms with Crippen molar-refractivity contribution in [1.29, 1.82) is 0 Å². The molecule has 0 aliphatic rings. The highest BCUT2D eigenvalue weighted by atomic mass is 35.5. The van der Waals surface area contributed by atoms with Crippen LogP contribution in [-0.2, 0) is 0 Å². The highest BCUT2D eigenvalue weighted by Crippen LogP contribution is 2.55. The molecule has 0 aliphatic carbocycles. The van der Waals surface area contributed by atoms with Crippen LogP contribution in [0.5, 0.6) is 0 Å². The summed E-state index contributed by atoms with van der Waals surface area (Å²) in [6, 6.07) is 0. The third-order valence-electron chi connectivity index (χ3n) is 4.64. The van der Waals surface area contributed by atoms with E-state index in [0.717, 1.165) is 25.7 Å². The quantitative estimate of drug-likeness (QED) is 0.143.